The number of hydrogen-bond donors (Lipinski definition) is 2. The maximum absolute atomic E-state index is 13.8. The first-order chi connectivity index (χ1) is 21.8. The van der Waals surface area contributed by atoms with Crippen LogP contribution in [-0.4, -0.2) is 62.0 Å². The molecule has 1 fully saturated rings. The summed E-state index contributed by atoms with van der Waals surface area (Å²) in [6, 6.07) is 26.9. The first-order valence-electron chi connectivity index (χ1n) is 15.2. The molecule has 0 spiro atoms. The van der Waals surface area contributed by atoms with E-state index in [1.807, 2.05) is 73.8 Å². The molecule has 232 valence electrons. The molecule has 3 amide bonds. The summed E-state index contributed by atoms with van der Waals surface area (Å²) in [5.41, 5.74) is 4.04. The summed E-state index contributed by atoms with van der Waals surface area (Å²) in [5, 5.41) is 17.9. The van der Waals surface area contributed by atoms with Crippen LogP contribution < -0.4 is 10.6 Å². The second-order valence-corrected chi connectivity index (χ2v) is 12.4. The number of carbonyl (C=O) groups excluding carboxylic acids is 2. The Morgan fingerprint density at radius 3 is 2.47 bits per heavy atom. The molecule has 9 heteroatoms. The smallest absolute Gasteiger partial charge is 0.318 e. The van der Waals surface area contributed by atoms with Gasteiger partial charge in [0.1, 0.15) is 0 Å². The Balaban J connectivity index is 1.29. The summed E-state index contributed by atoms with van der Waals surface area (Å²) in [6.07, 6.45) is 2.81. The second-order valence-electron chi connectivity index (χ2n) is 11.6. The van der Waals surface area contributed by atoms with Gasteiger partial charge in [0.05, 0.1) is 21.7 Å². The number of hydrogen-bond acceptors (Lipinski definition) is 4. The predicted octanol–water partition coefficient (Wildman–Crippen LogP) is 7.90. The van der Waals surface area contributed by atoms with Crippen molar-refractivity contribution in [2.45, 2.75) is 31.1 Å². The molecule has 1 atom stereocenters. The Bertz CT molecular complexity index is 1730. The summed E-state index contributed by atoms with van der Waals surface area (Å²) in [7, 11) is 3.43. The van der Waals surface area contributed by atoms with Gasteiger partial charge < -0.3 is 20.4 Å². The summed E-state index contributed by atoms with van der Waals surface area (Å²) in [6.45, 7) is 3.23. The van der Waals surface area contributed by atoms with Gasteiger partial charge in [-0.05, 0) is 97.0 Å². The van der Waals surface area contributed by atoms with E-state index in [0.29, 0.717) is 33.6 Å². The third kappa shape index (κ3) is 7.77. The Kier molecular flexibility index (Phi) is 10.6. The summed E-state index contributed by atoms with van der Waals surface area (Å²) in [5.74, 6) is 0.260. The van der Waals surface area contributed by atoms with Crippen LogP contribution >= 0.6 is 23.2 Å². The van der Waals surface area contributed by atoms with E-state index in [9.17, 15) is 14.9 Å². The number of piperidine rings is 1. The van der Waals surface area contributed by atoms with Crippen molar-refractivity contribution in [1.82, 2.24) is 15.1 Å². The molecule has 0 bridgehead atoms. The van der Waals surface area contributed by atoms with Crippen LogP contribution in [0.25, 0.3) is 10.8 Å². The zero-order chi connectivity index (χ0) is 31.9. The lowest BCUT2D eigenvalue weighted by molar-refractivity contribution is 0.0783. The normalized spacial score (nSPS) is 14.5. The standard InChI is InChI=1S/C36H37Cl2N5O2/c1-40-36(45)41-34-10-6-5-9-30(34)25-13-16-43(17-14-25)18-15-28(26-11-12-32(37)33(38)21-26)23-42(2)35(44)31-20-24(22-39)19-27-7-3-4-8-29(27)31/h3-12,19-21,25,28H,13-18,23H2,1-2H3,(H2,40,41,45). The lowest BCUT2D eigenvalue weighted by atomic mass is 9.87. The van der Waals surface area contributed by atoms with Gasteiger partial charge in [-0.15, -0.1) is 0 Å². The minimum Gasteiger partial charge on any atom is -0.341 e. The van der Waals surface area contributed by atoms with Crippen LogP contribution in [0, 0.1) is 11.3 Å². The molecule has 0 radical (unpaired) electrons. The highest BCUT2D eigenvalue weighted by Gasteiger charge is 2.26. The second kappa shape index (κ2) is 14.8. The number of nitrogens with one attached hydrogen (secondary N) is 2. The number of para-hydroxylation sites is 1. The van der Waals surface area contributed by atoms with Crippen molar-refractivity contribution in [3.63, 3.8) is 0 Å². The molecular weight excluding hydrogens is 605 g/mol. The molecule has 1 aliphatic heterocycles. The number of benzene rings is 4. The highest BCUT2D eigenvalue weighted by molar-refractivity contribution is 6.42. The van der Waals surface area contributed by atoms with Crippen molar-refractivity contribution in [2.75, 3.05) is 45.6 Å². The van der Waals surface area contributed by atoms with Gasteiger partial charge in [0, 0.05) is 37.8 Å². The van der Waals surface area contributed by atoms with E-state index < -0.39 is 0 Å². The van der Waals surface area contributed by atoms with E-state index >= 15 is 0 Å². The van der Waals surface area contributed by atoms with E-state index in [1.165, 1.54) is 5.56 Å². The van der Waals surface area contributed by atoms with Crippen LogP contribution in [0.4, 0.5) is 10.5 Å². The van der Waals surface area contributed by atoms with E-state index in [4.69, 9.17) is 23.2 Å². The number of fused-ring (bicyclic) bond motifs is 1. The zero-order valence-electron chi connectivity index (χ0n) is 25.5. The van der Waals surface area contributed by atoms with Crippen LogP contribution in [0.15, 0.2) is 78.9 Å². The van der Waals surface area contributed by atoms with Crippen LogP contribution in [0.1, 0.15) is 58.1 Å². The topological polar surface area (TPSA) is 88.5 Å². The van der Waals surface area contributed by atoms with Crippen LogP contribution in [0.5, 0.6) is 0 Å². The first-order valence-corrected chi connectivity index (χ1v) is 16.0. The summed E-state index contributed by atoms with van der Waals surface area (Å²) < 4.78 is 0. The molecule has 5 rings (SSSR count). The van der Waals surface area contributed by atoms with Crippen molar-refractivity contribution < 1.29 is 9.59 Å². The van der Waals surface area contributed by atoms with Gasteiger partial charge in [-0.1, -0.05) is 71.7 Å². The minimum absolute atomic E-state index is 0.0225. The molecule has 4 aromatic rings. The van der Waals surface area contributed by atoms with Gasteiger partial charge in [-0.25, -0.2) is 4.79 Å². The van der Waals surface area contributed by atoms with Crippen molar-refractivity contribution in [1.29, 1.82) is 5.26 Å². The SMILES string of the molecule is CNC(=O)Nc1ccccc1C1CCN(CCC(CN(C)C(=O)c2cc(C#N)cc3ccccc23)c2ccc(Cl)c(Cl)c2)CC1. The highest BCUT2D eigenvalue weighted by atomic mass is 35.5. The number of nitrogens with zero attached hydrogens (tertiary/aromatic N) is 3. The van der Waals surface area contributed by atoms with Crippen LogP contribution in [0.2, 0.25) is 10.0 Å². The fraction of sp³-hybridized carbons (Fsp3) is 0.306. The lowest BCUT2D eigenvalue weighted by Gasteiger charge is -2.34. The number of rotatable bonds is 9. The number of likely N-dealkylation sites (tertiary alicyclic amines) is 1. The monoisotopic (exact) mass is 641 g/mol. The molecular formula is C36H37Cl2N5O2. The number of urea groups is 1. The average Bonchev–Trinajstić information content (AvgIpc) is 3.07. The molecule has 0 saturated carbocycles. The maximum atomic E-state index is 13.8. The Morgan fingerprint density at radius 2 is 1.73 bits per heavy atom. The van der Waals surface area contributed by atoms with E-state index in [-0.39, 0.29) is 17.9 Å². The average molecular weight is 643 g/mol. The number of anilines is 1. The molecule has 1 heterocycles. The number of halogens is 2. The summed E-state index contributed by atoms with van der Waals surface area (Å²) >= 11 is 12.7. The highest BCUT2D eigenvalue weighted by Crippen LogP contribution is 2.34. The molecule has 7 nitrogen and oxygen atoms in total. The number of likely N-dealkylation sites (N-methyl/N-ethyl adjacent to an activating group) is 1. The molecule has 2 N–H and O–H groups in total. The number of nitriles is 1. The maximum Gasteiger partial charge on any atom is 0.318 e. The van der Waals surface area contributed by atoms with Crippen molar-refractivity contribution in [2.24, 2.45) is 0 Å². The molecule has 1 aliphatic rings. The van der Waals surface area contributed by atoms with E-state index in [1.54, 1.807) is 18.0 Å². The molecule has 0 aromatic heterocycles. The number of carbonyl (C=O) groups is 2. The summed E-state index contributed by atoms with van der Waals surface area (Å²) in [4.78, 5) is 30.0. The first kappa shape index (κ1) is 32.3. The molecule has 45 heavy (non-hydrogen) atoms. The van der Waals surface area contributed by atoms with Crippen LogP contribution in [-0.2, 0) is 0 Å². The van der Waals surface area contributed by atoms with Gasteiger partial charge >= 0.3 is 6.03 Å². The van der Waals surface area contributed by atoms with Crippen molar-refractivity contribution in [3.8, 4) is 6.07 Å². The Morgan fingerprint density at radius 1 is 1.00 bits per heavy atom. The van der Waals surface area contributed by atoms with Crippen molar-refractivity contribution >= 4 is 51.6 Å². The predicted molar refractivity (Wildman–Crippen MR) is 182 cm³/mol. The molecule has 1 saturated heterocycles. The fourth-order valence-corrected chi connectivity index (χ4v) is 6.57. The quantitative estimate of drug-likeness (QED) is 0.194. The lowest BCUT2D eigenvalue weighted by Crippen LogP contribution is -2.36. The Labute approximate surface area is 274 Å². The zero-order valence-corrected chi connectivity index (χ0v) is 27.0. The largest absolute Gasteiger partial charge is 0.341 e. The van der Waals surface area contributed by atoms with Crippen molar-refractivity contribution in [3.05, 3.63) is 111 Å². The number of amides is 3. The molecule has 0 aliphatic carbocycles. The fourth-order valence-electron chi connectivity index (χ4n) is 6.26. The van der Waals surface area contributed by atoms with Gasteiger partial charge in [0.15, 0.2) is 0 Å². The van der Waals surface area contributed by atoms with E-state index in [0.717, 1.165) is 60.9 Å². The van der Waals surface area contributed by atoms with Gasteiger partial charge in [0.2, 0.25) is 0 Å². The van der Waals surface area contributed by atoms with Gasteiger partial charge in [0.25, 0.3) is 5.91 Å². The van der Waals surface area contributed by atoms with Crippen LogP contribution in [0.3, 0.4) is 0 Å². The molecule has 1 unspecified atom stereocenters. The van der Waals surface area contributed by atoms with E-state index in [2.05, 4.69) is 27.7 Å². The van der Waals surface area contributed by atoms with Gasteiger partial charge in [-0.3, -0.25) is 4.79 Å². The molecule has 4 aromatic carbocycles. The van der Waals surface area contributed by atoms with Gasteiger partial charge in [-0.2, -0.15) is 5.26 Å². The Hall–Kier alpha value is -4.09. The third-order valence-corrected chi connectivity index (χ3v) is 9.47. The minimum atomic E-state index is -0.220. The third-order valence-electron chi connectivity index (χ3n) is 8.73.